The van der Waals surface area contributed by atoms with E-state index in [9.17, 15) is 22.8 Å². The number of aromatic nitrogens is 1. The van der Waals surface area contributed by atoms with Crippen molar-refractivity contribution in [2.75, 3.05) is 0 Å². The summed E-state index contributed by atoms with van der Waals surface area (Å²) in [5, 5.41) is 9.14. The first-order valence-electron chi connectivity index (χ1n) is 6.94. The minimum absolute atomic E-state index is 0.0316. The maximum Gasteiger partial charge on any atom is 0.418 e. The number of hydrogen-bond acceptors (Lipinski definition) is 2. The van der Waals surface area contributed by atoms with Crippen LogP contribution in [0.3, 0.4) is 0 Å². The molecule has 1 aromatic carbocycles. The Morgan fingerprint density at radius 1 is 1.17 bits per heavy atom. The summed E-state index contributed by atoms with van der Waals surface area (Å²) in [6.45, 7) is 0.0796. The standard InChI is InChI=1S/C16H12F3NO3/c17-16(18,19)11-8-12-10(15(22)23)6-7-20(12)13(11)14(21)9-4-2-1-3-5-9/h1-5,8,10H,6-7H2,(H,22,23). The first-order chi connectivity index (χ1) is 10.8. The van der Waals surface area contributed by atoms with Crippen LogP contribution >= 0.6 is 0 Å². The Balaban J connectivity index is 2.18. The third kappa shape index (κ3) is 2.52. The monoisotopic (exact) mass is 323 g/mol. The molecule has 0 radical (unpaired) electrons. The zero-order valence-electron chi connectivity index (χ0n) is 11.8. The van der Waals surface area contributed by atoms with Crippen LogP contribution in [-0.4, -0.2) is 21.4 Å². The van der Waals surface area contributed by atoms with Crippen LogP contribution < -0.4 is 0 Å². The third-order valence-corrected chi connectivity index (χ3v) is 3.98. The molecule has 0 saturated heterocycles. The van der Waals surface area contributed by atoms with Gasteiger partial charge in [0.25, 0.3) is 0 Å². The molecule has 1 atom stereocenters. The first kappa shape index (κ1) is 15.3. The molecule has 1 aliphatic rings. The van der Waals surface area contributed by atoms with Gasteiger partial charge in [0, 0.05) is 17.8 Å². The average molecular weight is 323 g/mol. The summed E-state index contributed by atoms with van der Waals surface area (Å²) in [5.41, 5.74) is -1.39. The van der Waals surface area contributed by atoms with E-state index in [1.54, 1.807) is 18.2 Å². The summed E-state index contributed by atoms with van der Waals surface area (Å²) in [6, 6.07) is 8.45. The molecule has 120 valence electrons. The highest BCUT2D eigenvalue weighted by molar-refractivity contribution is 6.09. The summed E-state index contributed by atoms with van der Waals surface area (Å²) in [5.74, 6) is -2.96. The quantitative estimate of drug-likeness (QED) is 0.882. The van der Waals surface area contributed by atoms with E-state index in [0.29, 0.717) is 0 Å². The molecule has 0 amide bonds. The Hall–Kier alpha value is -2.57. The average Bonchev–Trinajstić information content (AvgIpc) is 3.05. The lowest BCUT2D eigenvalue weighted by Gasteiger charge is -2.11. The number of alkyl halides is 3. The number of carboxylic acid groups (broad SMARTS) is 1. The SMILES string of the molecule is O=C(c1ccccc1)c1c(C(F)(F)F)cc2n1CCC2C(=O)O. The van der Waals surface area contributed by atoms with Crippen LogP contribution in [0.5, 0.6) is 0 Å². The molecule has 0 spiro atoms. The molecule has 23 heavy (non-hydrogen) atoms. The zero-order chi connectivity index (χ0) is 16.8. The highest BCUT2D eigenvalue weighted by Gasteiger charge is 2.43. The number of carbonyl (C=O) groups is 2. The van der Waals surface area contributed by atoms with Crippen LogP contribution in [0.25, 0.3) is 0 Å². The number of hydrogen-bond donors (Lipinski definition) is 1. The topological polar surface area (TPSA) is 59.3 Å². The van der Waals surface area contributed by atoms with Crippen LogP contribution in [0.15, 0.2) is 36.4 Å². The van der Waals surface area contributed by atoms with Gasteiger partial charge in [-0.3, -0.25) is 9.59 Å². The number of nitrogens with zero attached hydrogens (tertiary/aromatic N) is 1. The van der Waals surface area contributed by atoms with Crippen LogP contribution in [0.1, 0.15) is 39.6 Å². The van der Waals surface area contributed by atoms with Gasteiger partial charge < -0.3 is 9.67 Å². The first-order valence-corrected chi connectivity index (χ1v) is 6.94. The molecule has 2 aromatic rings. The fourth-order valence-corrected chi connectivity index (χ4v) is 2.94. The van der Waals surface area contributed by atoms with Crippen LogP contribution in [0.4, 0.5) is 13.2 Å². The molecule has 1 unspecified atom stereocenters. The molecule has 0 aliphatic carbocycles. The molecular weight excluding hydrogens is 311 g/mol. The van der Waals surface area contributed by atoms with Crippen LogP contribution in [0, 0.1) is 0 Å². The van der Waals surface area contributed by atoms with E-state index < -0.39 is 35.1 Å². The molecule has 1 aliphatic heterocycles. The highest BCUT2D eigenvalue weighted by Crippen LogP contribution is 2.40. The Labute approximate surface area is 129 Å². The Morgan fingerprint density at radius 2 is 1.83 bits per heavy atom. The van der Waals surface area contributed by atoms with Gasteiger partial charge in [-0.25, -0.2) is 0 Å². The van der Waals surface area contributed by atoms with Gasteiger partial charge in [-0.05, 0) is 12.5 Å². The van der Waals surface area contributed by atoms with Crippen molar-refractivity contribution in [2.24, 2.45) is 0 Å². The van der Waals surface area contributed by atoms with Crippen molar-refractivity contribution in [2.45, 2.75) is 25.1 Å². The van der Waals surface area contributed by atoms with E-state index in [1.165, 1.54) is 16.7 Å². The number of halogens is 3. The molecule has 0 saturated carbocycles. The van der Waals surface area contributed by atoms with Crippen molar-refractivity contribution in [3.63, 3.8) is 0 Å². The molecular formula is C16H12F3NO3. The van der Waals surface area contributed by atoms with Gasteiger partial charge >= 0.3 is 12.1 Å². The second-order valence-corrected chi connectivity index (χ2v) is 5.36. The van der Waals surface area contributed by atoms with E-state index in [-0.39, 0.29) is 24.2 Å². The van der Waals surface area contributed by atoms with Crippen molar-refractivity contribution in [3.8, 4) is 0 Å². The Bertz CT molecular complexity index is 778. The highest BCUT2D eigenvalue weighted by atomic mass is 19.4. The van der Waals surface area contributed by atoms with Crippen molar-refractivity contribution in [3.05, 3.63) is 58.9 Å². The van der Waals surface area contributed by atoms with Crippen LogP contribution in [0.2, 0.25) is 0 Å². The molecule has 1 aromatic heterocycles. The molecule has 7 heteroatoms. The van der Waals surface area contributed by atoms with Crippen molar-refractivity contribution < 1.29 is 27.9 Å². The lowest BCUT2D eigenvalue weighted by Crippen LogP contribution is -2.16. The van der Waals surface area contributed by atoms with E-state index >= 15 is 0 Å². The summed E-state index contributed by atoms with van der Waals surface area (Å²) in [7, 11) is 0. The third-order valence-electron chi connectivity index (χ3n) is 3.98. The summed E-state index contributed by atoms with van der Waals surface area (Å²) in [4.78, 5) is 23.7. The van der Waals surface area contributed by atoms with Gasteiger partial charge in [0.1, 0.15) is 5.69 Å². The normalized spacial score (nSPS) is 17.1. The fourth-order valence-electron chi connectivity index (χ4n) is 2.94. The number of carbonyl (C=O) groups excluding carboxylic acids is 1. The predicted molar refractivity (Wildman–Crippen MR) is 74.3 cm³/mol. The smallest absolute Gasteiger partial charge is 0.418 e. The molecule has 0 fully saturated rings. The van der Waals surface area contributed by atoms with Gasteiger partial charge in [-0.15, -0.1) is 0 Å². The molecule has 1 N–H and O–H groups in total. The second-order valence-electron chi connectivity index (χ2n) is 5.36. The fraction of sp³-hybridized carbons (Fsp3) is 0.250. The van der Waals surface area contributed by atoms with E-state index in [1.807, 2.05) is 0 Å². The van der Waals surface area contributed by atoms with E-state index in [4.69, 9.17) is 5.11 Å². The zero-order valence-corrected chi connectivity index (χ0v) is 11.8. The molecule has 4 nitrogen and oxygen atoms in total. The van der Waals surface area contributed by atoms with Gasteiger partial charge in [0.05, 0.1) is 11.5 Å². The Kier molecular flexibility index (Phi) is 3.50. The number of aliphatic carboxylic acids is 1. The number of fused-ring (bicyclic) bond motifs is 1. The van der Waals surface area contributed by atoms with Gasteiger partial charge in [0.2, 0.25) is 5.78 Å². The van der Waals surface area contributed by atoms with Gasteiger partial charge in [-0.1, -0.05) is 30.3 Å². The van der Waals surface area contributed by atoms with Crippen LogP contribution in [-0.2, 0) is 17.5 Å². The largest absolute Gasteiger partial charge is 0.481 e. The van der Waals surface area contributed by atoms with Crippen molar-refractivity contribution in [1.29, 1.82) is 0 Å². The molecule has 0 bridgehead atoms. The minimum Gasteiger partial charge on any atom is -0.481 e. The number of carboxylic acids is 1. The van der Waals surface area contributed by atoms with Crippen molar-refractivity contribution in [1.82, 2.24) is 4.57 Å². The van der Waals surface area contributed by atoms with E-state index in [2.05, 4.69) is 0 Å². The molecule has 3 rings (SSSR count). The van der Waals surface area contributed by atoms with Crippen molar-refractivity contribution >= 4 is 11.8 Å². The Morgan fingerprint density at radius 3 is 2.39 bits per heavy atom. The summed E-state index contributed by atoms with van der Waals surface area (Å²) in [6.07, 6.45) is -4.54. The summed E-state index contributed by atoms with van der Waals surface area (Å²) >= 11 is 0. The maximum atomic E-state index is 13.3. The number of rotatable bonds is 3. The number of ketones is 1. The second kappa shape index (κ2) is 5.26. The van der Waals surface area contributed by atoms with E-state index in [0.717, 1.165) is 6.07 Å². The van der Waals surface area contributed by atoms with Gasteiger partial charge in [-0.2, -0.15) is 13.2 Å². The lowest BCUT2D eigenvalue weighted by molar-refractivity contribution is -0.140. The lowest BCUT2D eigenvalue weighted by atomic mass is 10.0. The number of benzene rings is 1. The summed E-state index contributed by atoms with van der Waals surface area (Å²) < 4.78 is 41.1. The molecule has 2 heterocycles. The maximum absolute atomic E-state index is 13.3. The minimum atomic E-state index is -4.72. The van der Waals surface area contributed by atoms with Gasteiger partial charge in [0.15, 0.2) is 0 Å². The predicted octanol–water partition coefficient (Wildman–Crippen LogP) is 3.31.